The molecule has 1 atom stereocenters. The van der Waals surface area contributed by atoms with Gasteiger partial charge in [0.15, 0.2) is 17.3 Å². The molecule has 3 N–H and O–H groups in total. The molecule has 0 saturated carbocycles. The van der Waals surface area contributed by atoms with Gasteiger partial charge in [0.2, 0.25) is 0 Å². The Bertz CT molecular complexity index is 1100. The van der Waals surface area contributed by atoms with Crippen LogP contribution in [0.5, 0.6) is 28.7 Å². The van der Waals surface area contributed by atoms with Crippen molar-refractivity contribution in [3.05, 3.63) is 63.8 Å². The predicted molar refractivity (Wildman–Crippen MR) is 123 cm³/mol. The van der Waals surface area contributed by atoms with Gasteiger partial charge in [-0.1, -0.05) is 29.4 Å². The van der Waals surface area contributed by atoms with E-state index < -0.39 is 6.10 Å². The van der Waals surface area contributed by atoms with E-state index in [4.69, 9.17) is 9.47 Å². The van der Waals surface area contributed by atoms with E-state index in [1.807, 2.05) is 39.8 Å². The maximum atomic E-state index is 13.0. The third kappa shape index (κ3) is 4.59. The highest BCUT2D eigenvalue weighted by atomic mass is 16.5. The lowest BCUT2D eigenvalue weighted by Gasteiger charge is -2.29. The Kier molecular flexibility index (Phi) is 6.82. The molecule has 0 saturated heterocycles. The van der Waals surface area contributed by atoms with Crippen molar-refractivity contribution in [1.82, 2.24) is 0 Å². The van der Waals surface area contributed by atoms with Gasteiger partial charge in [-0.25, -0.2) is 0 Å². The molecule has 1 unspecified atom stereocenters. The number of Topliss-reactive ketones (excluding diaryl/α,β-unsaturated/α-hetero) is 1. The first-order chi connectivity index (χ1) is 15.1. The van der Waals surface area contributed by atoms with Crippen LogP contribution in [-0.2, 0) is 12.8 Å². The molecule has 1 aliphatic heterocycles. The summed E-state index contributed by atoms with van der Waals surface area (Å²) in [6.07, 6.45) is 4.02. The number of phenols is 3. The number of aromatic hydroxyl groups is 3. The van der Waals surface area contributed by atoms with Crippen LogP contribution in [0.4, 0.5) is 0 Å². The van der Waals surface area contributed by atoms with E-state index in [9.17, 15) is 20.1 Å². The summed E-state index contributed by atoms with van der Waals surface area (Å²) in [6, 6.07) is 4.62. The quantitative estimate of drug-likeness (QED) is 0.513. The van der Waals surface area contributed by atoms with Crippen LogP contribution in [0.25, 0.3) is 0 Å². The van der Waals surface area contributed by atoms with Crippen molar-refractivity contribution in [1.29, 1.82) is 0 Å². The Labute approximate surface area is 188 Å². The van der Waals surface area contributed by atoms with Crippen LogP contribution in [0.1, 0.15) is 67.3 Å². The van der Waals surface area contributed by atoms with Gasteiger partial charge in [-0.2, -0.15) is 0 Å². The van der Waals surface area contributed by atoms with Crippen LogP contribution in [-0.4, -0.2) is 28.2 Å². The molecule has 0 amide bonds. The second-order valence-electron chi connectivity index (χ2n) is 8.49. The summed E-state index contributed by atoms with van der Waals surface area (Å²) >= 11 is 0. The zero-order chi connectivity index (χ0) is 23.6. The zero-order valence-corrected chi connectivity index (χ0v) is 19.2. The van der Waals surface area contributed by atoms with Crippen LogP contribution in [0.2, 0.25) is 0 Å². The summed E-state index contributed by atoms with van der Waals surface area (Å²) in [5.41, 5.74) is 3.94. The molecule has 0 spiro atoms. The minimum atomic E-state index is -0.681. The number of ether oxygens (including phenoxy) is 2. The van der Waals surface area contributed by atoms with E-state index >= 15 is 0 Å². The predicted octanol–water partition coefficient (Wildman–Crippen LogP) is 5.54. The Morgan fingerprint density at radius 1 is 1.03 bits per heavy atom. The van der Waals surface area contributed by atoms with E-state index in [0.29, 0.717) is 35.3 Å². The molecule has 6 heteroatoms. The fourth-order valence-electron chi connectivity index (χ4n) is 3.82. The van der Waals surface area contributed by atoms with Gasteiger partial charge in [0.1, 0.15) is 28.9 Å². The molecule has 0 fully saturated rings. The number of benzene rings is 2. The first kappa shape index (κ1) is 23.3. The van der Waals surface area contributed by atoms with E-state index in [2.05, 4.69) is 0 Å². The minimum absolute atomic E-state index is 0.00100. The number of hydrogen-bond donors (Lipinski definition) is 3. The van der Waals surface area contributed by atoms with Crippen molar-refractivity contribution >= 4 is 5.78 Å². The number of carbonyl (C=O) groups is 1. The van der Waals surface area contributed by atoms with Crippen molar-refractivity contribution in [3.63, 3.8) is 0 Å². The number of allylic oxidation sites excluding steroid dienone is 4. The smallest absolute Gasteiger partial charge is 0.174 e. The molecular formula is C26H30O6. The maximum Gasteiger partial charge on any atom is 0.174 e. The second kappa shape index (κ2) is 9.39. The Morgan fingerprint density at radius 3 is 2.25 bits per heavy atom. The number of hydrogen-bond acceptors (Lipinski definition) is 6. The number of rotatable bonds is 6. The minimum Gasteiger partial charge on any atom is -0.507 e. The molecule has 2 aromatic rings. The van der Waals surface area contributed by atoms with E-state index in [0.717, 1.165) is 11.1 Å². The molecule has 1 heterocycles. The highest BCUT2D eigenvalue weighted by Crippen LogP contribution is 2.47. The molecule has 0 bridgehead atoms. The second-order valence-corrected chi connectivity index (χ2v) is 8.49. The van der Waals surface area contributed by atoms with Gasteiger partial charge in [-0.3, -0.25) is 4.79 Å². The van der Waals surface area contributed by atoms with Crippen LogP contribution in [0, 0.1) is 0 Å². The van der Waals surface area contributed by atoms with Gasteiger partial charge >= 0.3 is 0 Å². The monoisotopic (exact) mass is 438 g/mol. The zero-order valence-electron chi connectivity index (χ0n) is 19.2. The molecule has 170 valence electrons. The number of methoxy groups -OCH3 is 1. The Hall–Kier alpha value is -3.41. The fourth-order valence-corrected chi connectivity index (χ4v) is 3.82. The number of ketones is 1. The highest BCUT2D eigenvalue weighted by Gasteiger charge is 2.35. The van der Waals surface area contributed by atoms with Crippen molar-refractivity contribution in [2.24, 2.45) is 0 Å². The third-order valence-electron chi connectivity index (χ3n) is 5.53. The molecule has 2 aromatic carbocycles. The summed E-state index contributed by atoms with van der Waals surface area (Å²) in [5, 5.41) is 31.6. The van der Waals surface area contributed by atoms with Crippen LogP contribution < -0.4 is 9.47 Å². The van der Waals surface area contributed by atoms with Gasteiger partial charge in [-0.15, -0.1) is 0 Å². The van der Waals surface area contributed by atoms with Gasteiger partial charge in [0, 0.05) is 22.8 Å². The van der Waals surface area contributed by atoms with Crippen molar-refractivity contribution < 1.29 is 29.6 Å². The maximum absolute atomic E-state index is 13.0. The lowest BCUT2D eigenvalue weighted by atomic mass is 9.89. The fraction of sp³-hybridized carbons (Fsp3) is 0.346. The molecule has 32 heavy (non-hydrogen) atoms. The average molecular weight is 439 g/mol. The van der Waals surface area contributed by atoms with Crippen molar-refractivity contribution in [3.8, 4) is 28.7 Å². The topological polar surface area (TPSA) is 96.2 Å². The third-order valence-corrected chi connectivity index (χ3v) is 5.53. The number of phenolic OH excluding ortho intramolecular Hbond substituents is 3. The summed E-state index contributed by atoms with van der Waals surface area (Å²) in [4.78, 5) is 13.0. The molecule has 6 nitrogen and oxygen atoms in total. The van der Waals surface area contributed by atoms with Gasteiger partial charge in [-0.05, 0) is 46.6 Å². The van der Waals surface area contributed by atoms with Gasteiger partial charge < -0.3 is 24.8 Å². The molecular weight excluding hydrogens is 408 g/mol. The lowest BCUT2D eigenvalue weighted by Crippen LogP contribution is -2.22. The van der Waals surface area contributed by atoms with E-state index in [-0.39, 0.29) is 40.8 Å². The standard InChI is InChI=1S/C26H30O6/c1-14(2)6-8-17-16(10-11-22(31-5)25(17)30)23-13-21(29)24-20(28)12-19(27)18(26(24)32-23)9-7-15(3)4/h6-7,10-12,23,27-28,30H,8-9,13H2,1-5H3. The van der Waals surface area contributed by atoms with Crippen LogP contribution in [0.3, 0.4) is 0 Å². The van der Waals surface area contributed by atoms with Gasteiger partial charge in [0.25, 0.3) is 0 Å². The Balaban J connectivity index is 2.13. The van der Waals surface area contributed by atoms with Gasteiger partial charge in [0.05, 0.1) is 13.5 Å². The first-order valence-electron chi connectivity index (χ1n) is 10.6. The molecule has 0 radical (unpaired) electrons. The SMILES string of the molecule is COc1ccc(C2CC(=O)c3c(O)cc(O)c(CC=C(C)C)c3O2)c(CC=C(C)C)c1O. The average Bonchev–Trinajstić information content (AvgIpc) is 2.71. The normalized spacial score (nSPS) is 14.9. The lowest BCUT2D eigenvalue weighted by molar-refractivity contribution is 0.0841. The Morgan fingerprint density at radius 2 is 1.66 bits per heavy atom. The first-order valence-corrected chi connectivity index (χ1v) is 10.6. The molecule has 0 aromatic heterocycles. The summed E-state index contributed by atoms with van der Waals surface area (Å²) < 4.78 is 11.5. The van der Waals surface area contributed by atoms with Crippen molar-refractivity contribution in [2.75, 3.05) is 7.11 Å². The van der Waals surface area contributed by atoms with E-state index in [1.165, 1.54) is 13.2 Å². The number of fused-ring (bicyclic) bond motifs is 1. The molecule has 0 aliphatic carbocycles. The summed E-state index contributed by atoms with van der Waals surface area (Å²) in [6.45, 7) is 7.81. The van der Waals surface area contributed by atoms with Crippen molar-refractivity contribution in [2.45, 2.75) is 53.1 Å². The highest BCUT2D eigenvalue weighted by molar-refractivity contribution is 6.03. The molecule has 1 aliphatic rings. The van der Waals surface area contributed by atoms with Crippen LogP contribution >= 0.6 is 0 Å². The summed E-state index contributed by atoms with van der Waals surface area (Å²) in [5.74, 6) is -0.181. The van der Waals surface area contributed by atoms with E-state index in [1.54, 1.807) is 12.1 Å². The summed E-state index contributed by atoms with van der Waals surface area (Å²) in [7, 11) is 1.48. The number of carbonyl (C=O) groups excluding carboxylic acids is 1. The molecule has 3 rings (SSSR count). The largest absolute Gasteiger partial charge is 0.507 e. The van der Waals surface area contributed by atoms with Crippen LogP contribution in [0.15, 0.2) is 41.5 Å².